The third-order valence-electron chi connectivity index (χ3n) is 4.39. The maximum Gasteiger partial charge on any atom is 0.263 e. The van der Waals surface area contributed by atoms with Gasteiger partial charge in [0.2, 0.25) is 0 Å². The van der Waals surface area contributed by atoms with Gasteiger partial charge in [-0.05, 0) is 50.2 Å². The molecule has 0 saturated heterocycles. The molecule has 0 bridgehead atoms. The monoisotopic (exact) mass is 303 g/mol. The first-order valence-corrected chi connectivity index (χ1v) is 8.32. The molecule has 0 aliphatic heterocycles. The van der Waals surface area contributed by atoms with Crippen LogP contribution in [0.3, 0.4) is 0 Å². The number of pyridine rings is 1. The van der Waals surface area contributed by atoms with E-state index in [9.17, 15) is 4.79 Å². The maximum absolute atomic E-state index is 12.5. The summed E-state index contributed by atoms with van der Waals surface area (Å²) in [5, 5.41) is 4.06. The molecule has 1 aliphatic rings. The van der Waals surface area contributed by atoms with Crippen molar-refractivity contribution in [1.29, 1.82) is 0 Å². The summed E-state index contributed by atoms with van der Waals surface area (Å²) >= 11 is 1.39. The van der Waals surface area contributed by atoms with E-state index in [-0.39, 0.29) is 11.9 Å². The zero-order valence-corrected chi connectivity index (χ0v) is 13.3. The largest absolute Gasteiger partial charge is 0.397 e. The minimum atomic E-state index is -0.0468. The van der Waals surface area contributed by atoms with E-state index in [0.29, 0.717) is 10.6 Å². The number of aromatic nitrogens is 1. The van der Waals surface area contributed by atoms with Crippen LogP contribution in [-0.4, -0.2) is 16.9 Å². The summed E-state index contributed by atoms with van der Waals surface area (Å²) in [6, 6.07) is 2.21. The van der Waals surface area contributed by atoms with Gasteiger partial charge in [0, 0.05) is 17.6 Å². The Labute approximate surface area is 128 Å². The van der Waals surface area contributed by atoms with Crippen molar-refractivity contribution in [2.24, 2.45) is 5.92 Å². The molecule has 1 saturated carbocycles. The van der Waals surface area contributed by atoms with Crippen molar-refractivity contribution in [3.8, 4) is 0 Å². The number of nitrogens with one attached hydrogen (secondary N) is 1. The van der Waals surface area contributed by atoms with E-state index >= 15 is 0 Å². The summed E-state index contributed by atoms with van der Waals surface area (Å²) < 4.78 is 0. The van der Waals surface area contributed by atoms with Crippen molar-refractivity contribution < 1.29 is 4.79 Å². The number of amides is 1. The van der Waals surface area contributed by atoms with Crippen LogP contribution in [0.1, 0.15) is 47.8 Å². The van der Waals surface area contributed by atoms with E-state index in [0.717, 1.165) is 34.5 Å². The van der Waals surface area contributed by atoms with E-state index in [2.05, 4.69) is 17.2 Å². The number of rotatable bonds is 2. The lowest BCUT2D eigenvalue weighted by Crippen LogP contribution is -2.37. The van der Waals surface area contributed by atoms with Gasteiger partial charge in [-0.1, -0.05) is 6.92 Å². The van der Waals surface area contributed by atoms with E-state index in [1.165, 1.54) is 24.2 Å². The fourth-order valence-electron chi connectivity index (χ4n) is 3.03. The van der Waals surface area contributed by atoms with E-state index in [4.69, 9.17) is 5.73 Å². The number of thiophene rings is 1. The predicted molar refractivity (Wildman–Crippen MR) is 87.7 cm³/mol. The van der Waals surface area contributed by atoms with Gasteiger partial charge in [0.05, 0.1) is 5.69 Å². The number of nitrogen functional groups attached to an aromatic ring is 1. The highest BCUT2D eigenvalue weighted by atomic mass is 32.1. The first-order chi connectivity index (χ1) is 10.1. The number of carbonyl (C=O) groups is 1. The molecule has 0 atom stereocenters. The number of carbonyl (C=O) groups excluding carboxylic acids is 1. The van der Waals surface area contributed by atoms with Crippen LogP contribution in [0.4, 0.5) is 5.69 Å². The summed E-state index contributed by atoms with van der Waals surface area (Å²) in [6.45, 7) is 4.27. The second-order valence-corrected chi connectivity index (χ2v) is 7.08. The normalized spacial score (nSPS) is 22.4. The molecular formula is C16H21N3OS. The third-order valence-corrected chi connectivity index (χ3v) is 5.51. The molecule has 0 spiro atoms. The van der Waals surface area contributed by atoms with Gasteiger partial charge in [-0.3, -0.25) is 4.79 Å². The van der Waals surface area contributed by atoms with Crippen molar-refractivity contribution in [2.45, 2.75) is 45.6 Å². The lowest BCUT2D eigenvalue weighted by atomic mass is 9.87. The average molecular weight is 303 g/mol. The van der Waals surface area contributed by atoms with Gasteiger partial charge in [-0.2, -0.15) is 0 Å². The van der Waals surface area contributed by atoms with Gasteiger partial charge in [0.25, 0.3) is 5.91 Å². The topological polar surface area (TPSA) is 68.0 Å². The Hall–Kier alpha value is -1.62. The van der Waals surface area contributed by atoms with Crippen LogP contribution in [0, 0.1) is 12.8 Å². The van der Waals surface area contributed by atoms with Gasteiger partial charge >= 0.3 is 0 Å². The molecule has 21 heavy (non-hydrogen) atoms. The van der Waals surface area contributed by atoms with Crippen LogP contribution in [0.25, 0.3) is 10.2 Å². The molecule has 0 radical (unpaired) electrons. The highest BCUT2D eigenvalue weighted by Gasteiger charge is 2.23. The third kappa shape index (κ3) is 2.75. The number of aryl methyl sites for hydroxylation is 1. The van der Waals surface area contributed by atoms with Gasteiger partial charge in [-0.25, -0.2) is 4.98 Å². The molecule has 2 aromatic rings. The van der Waals surface area contributed by atoms with Crippen LogP contribution in [0.5, 0.6) is 0 Å². The minimum Gasteiger partial charge on any atom is -0.397 e. The van der Waals surface area contributed by atoms with Crippen molar-refractivity contribution in [3.05, 3.63) is 22.7 Å². The molecule has 1 fully saturated rings. The Morgan fingerprint density at radius 3 is 2.76 bits per heavy atom. The van der Waals surface area contributed by atoms with Gasteiger partial charge in [0.15, 0.2) is 0 Å². The van der Waals surface area contributed by atoms with E-state index in [1.54, 1.807) is 6.20 Å². The van der Waals surface area contributed by atoms with E-state index in [1.807, 2.05) is 13.0 Å². The fourth-order valence-corrected chi connectivity index (χ4v) is 4.07. The van der Waals surface area contributed by atoms with Crippen molar-refractivity contribution in [1.82, 2.24) is 10.3 Å². The number of nitrogens with zero attached hydrogens (tertiary/aromatic N) is 1. The Bertz CT molecular complexity index is 671. The van der Waals surface area contributed by atoms with Gasteiger partial charge < -0.3 is 11.1 Å². The molecule has 3 N–H and O–H groups in total. The standard InChI is InChI=1S/C16H21N3OS/c1-9-3-5-11(6-4-9)19-15(20)14-13(17)12-10(2)7-8-18-16(12)21-14/h7-9,11H,3-6,17H2,1-2H3,(H,19,20). The number of anilines is 1. The first kappa shape index (κ1) is 14.3. The predicted octanol–water partition coefficient (Wildman–Crippen LogP) is 3.50. The van der Waals surface area contributed by atoms with Crippen molar-refractivity contribution >= 4 is 33.1 Å². The Kier molecular flexibility index (Phi) is 3.85. The van der Waals surface area contributed by atoms with Crippen LogP contribution in [-0.2, 0) is 0 Å². The van der Waals surface area contributed by atoms with Crippen LogP contribution in [0.2, 0.25) is 0 Å². The zero-order chi connectivity index (χ0) is 15.0. The lowest BCUT2D eigenvalue weighted by Gasteiger charge is -2.26. The molecule has 0 unspecified atom stereocenters. The van der Waals surface area contributed by atoms with Crippen LogP contribution in [0.15, 0.2) is 12.3 Å². The molecule has 5 heteroatoms. The summed E-state index contributed by atoms with van der Waals surface area (Å²) in [5.74, 6) is 0.730. The highest BCUT2D eigenvalue weighted by Crippen LogP contribution is 2.34. The quantitative estimate of drug-likeness (QED) is 0.892. The number of hydrogen-bond acceptors (Lipinski definition) is 4. The van der Waals surface area contributed by atoms with Crippen LogP contribution < -0.4 is 11.1 Å². The fraction of sp³-hybridized carbons (Fsp3) is 0.500. The van der Waals surface area contributed by atoms with Crippen molar-refractivity contribution in [2.75, 3.05) is 5.73 Å². The molecule has 2 aromatic heterocycles. The molecule has 0 aromatic carbocycles. The summed E-state index contributed by atoms with van der Waals surface area (Å²) in [5.41, 5.74) is 7.82. The maximum atomic E-state index is 12.5. The number of nitrogens with two attached hydrogens (primary N) is 1. The molecular weight excluding hydrogens is 282 g/mol. The Morgan fingerprint density at radius 2 is 2.10 bits per heavy atom. The SMILES string of the molecule is Cc1ccnc2sc(C(=O)NC3CCC(C)CC3)c(N)c12. The summed E-state index contributed by atoms with van der Waals surface area (Å²) in [7, 11) is 0. The molecule has 2 heterocycles. The number of fused-ring (bicyclic) bond motifs is 1. The molecule has 4 nitrogen and oxygen atoms in total. The first-order valence-electron chi connectivity index (χ1n) is 7.50. The highest BCUT2D eigenvalue weighted by molar-refractivity contribution is 7.21. The molecule has 1 aliphatic carbocycles. The smallest absolute Gasteiger partial charge is 0.263 e. The van der Waals surface area contributed by atoms with Gasteiger partial charge in [-0.15, -0.1) is 11.3 Å². The van der Waals surface area contributed by atoms with E-state index < -0.39 is 0 Å². The average Bonchev–Trinajstić information content (AvgIpc) is 2.80. The van der Waals surface area contributed by atoms with Crippen molar-refractivity contribution in [3.63, 3.8) is 0 Å². The Morgan fingerprint density at radius 1 is 1.38 bits per heavy atom. The summed E-state index contributed by atoms with van der Waals surface area (Å²) in [4.78, 5) is 18.3. The molecule has 112 valence electrons. The van der Waals surface area contributed by atoms with Gasteiger partial charge in [0.1, 0.15) is 9.71 Å². The Balaban J connectivity index is 1.82. The minimum absolute atomic E-state index is 0.0468. The summed E-state index contributed by atoms with van der Waals surface area (Å²) in [6.07, 6.45) is 6.27. The lowest BCUT2D eigenvalue weighted by molar-refractivity contribution is 0.0928. The molecule has 3 rings (SSSR count). The second kappa shape index (κ2) is 5.64. The molecule has 1 amide bonds. The zero-order valence-electron chi connectivity index (χ0n) is 12.5. The number of hydrogen-bond donors (Lipinski definition) is 2. The van der Waals surface area contributed by atoms with Crippen LogP contribution >= 0.6 is 11.3 Å². The second-order valence-electron chi connectivity index (χ2n) is 6.08.